The molecule has 0 unspecified atom stereocenters. The van der Waals surface area contributed by atoms with E-state index in [9.17, 15) is 0 Å². The molecule has 1 aromatic carbocycles. The Labute approximate surface area is 128 Å². The van der Waals surface area contributed by atoms with E-state index < -0.39 is 0 Å². The number of anilines is 2. The molecule has 0 aliphatic heterocycles. The van der Waals surface area contributed by atoms with Gasteiger partial charge in [0.25, 0.3) is 0 Å². The van der Waals surface area contributed by atoms with Crippen LogP contribution in [0.4, 0.5) is 11.5 Å². The van der Waals surface area contributed by atoms with Crippen molar-refractivity contribution in [3.63, 3.8) is 0 Å². The Bertz CT molecular complexity index is 617. The first-order valence-corrected chi connectivity index (χ1v) is 6.90. The number of aromatic nitrogens is 2. The monoisotopic (exact) mass is 311 g/mol. The molecule has 0 amide bonds. The van der Waals surface area contributed by atoms with Crippen LogP contribution in [0.2, 0.25) is 10.2 Å². The zero-order chi connectivity index (χ0) is 14.7. The first kappa shape index (κ1) is 14.9. The Morgan fingerprint density at radius 3 is 2.50 bits per heavy atom. The van der Waals surface area contributed by atoms with Crippen LogP contribution in [0.5, 0.6) is 5.75 Å². The second-order valence-corrected chi connectivity index (χ2v) is 5.36. The number of halogens is 2. The summed E-state index contributed by atoms with van der Waals surface area (Å²) in [7, 11) is 1.58. The second kappa shape index (κ2) is 6.29. The van der Waals surface area contributed by atoms with Gasteiger partial charge in [-0.05, 0) is 18.2 Å². The summed E-state index contributed by atoms with van der Waals surface area (Å²) in [6.07, 6.45) is 0. The normalized spacial score (nSPS) is 10.7. The van der Waals surface area contributed by atoms with Gasteiger partial charge in [-0.2, -0.15) is 0 Å². The molecule has 0 spiro atoms. The van der Waals surface area contributed by atoms with E-state index in [1.165, 1.54) is 0 Å². The van der Waals surface area contributed by atoms with Crippen molar-refractivity contribution in [1.82, 2.24) is 9.97 Å². The Hall–Kier alpha value is -1.52. The van der Waals surface area contributed by atoms with Crippen molar-refractivity contribution in [3.8, 4) is 5.75 Å². The highest BCUT2D eigenvalue weighted by Gasteiger charge is 2.08. The van der Waals surface area contributed by atoms with Crippen LogP contribution in [0.1, 0.15) is 25.6 Å². The van der Waals surface area contributed by atoms with Gasteiger partial charge in [0.2, 0.25) is 0 Å². The maximum absolute atomic E-state index is 6.08. The zero-order valence-electron chi connectivity index (χ0n) is 11.4. The minimum absolute atomic E-state index is 0.203. The lowest BCUT2D eigenvalue weighted by Gasteiger charge is -2.11. The largest absolute Gasteiger partial charge is 0.495 e. The highest BCUT2D eigenvalue weighted by atomic mass is 35.5. The van der Waals surface area contributed by atoms with Crippen molar-refractivity contribution < 1.29 is 4.74 Å². The molecule has 2 aromatic rings. The summed E-state index contributed by atoms with van der Waals surface area (Å²) in [6.45, 7) is 4.03. The Kier molecular flexibility index (Phi) is 4.68. The Morgan fingerprint density at radius 2 is 1.90 bits per heavy atom. The van der Waals surface area contributed by atoms with Crippen LogP contribution in [0, 0.1) is 0 Å². The molecule has 0 aliphatic carbocycles. The van der Waals surface area contributed by atoms with Gasteiger partial charge in [0.15, 0.2) is 0 Å². The summed E-state index contributed by atoms with van der Waals surface area (Å²) in [5.74, 6) is 2.16. The molecule has 0 aliphatic rings. The quantitative estimate of drug-likeness (QED) is 0.834. The van der Waals surface area contributed by atoms with Crippen LogP contribution in [0.3, 0.4) is 0 Å². The number of methoxy groups -OCH3 is 1. The minimum atomic E-state index is 0.203. The van der Waals surface area contributed by atoms with Crippen LogP contribution in [-0.2, 0) is 0 Å². The summed E-state index contributed by atoms with van der Waals surface area (Å²) in [6, 6.07) is 7.09. The van der Waals surface area contributed by atoms with Gasteiger partial charge in [0, 0.05) is 17.7 Å². The summed E-state index contributed by atoms with van der Waals surface area (Å²) in [5.41, 5.74) is 0.806. The molecule has 0 bridgehead atoms. The third-order valence-electron chi connectivity index (χ3n) is 2.65. The van der Waals surface area contributed by atoms with Gasteiger partial charge >= 0.3 is 0 Å². The molecule has 2 rings (SSSR count). The maximum Gasteiger partial charge on any atom is 0.137 e. The SMILES string of the molecule is COc1ccc(Nc2cc(Cl)nc(C(C)C)n2)cc1Cl. The predicted octanol–water partition coefficient (Wildman–Crippen LogP) is 4.66. The predicted molar refractivity (Wildman–Crippen MR) is 82.4 cm³/mol. The van der Waals surface area contributed by atoms with E-state index in [2.05, 4.69) is 15.3 Å². The van der Waals surface area contributed by atoms with Gasteiger partial charge in [0.05, 0.1) is 12.1 Å². The van der Waals surface area contributed by atoms with Gasteiger partial charge < -0.3 is 10.1 Å². The smallest absolute Gasteiger partial charge is 0.137 e. The molecule has 0 atom stereocenters. The van der Waals surface area contributed by atoms with E-state index in [0.29, 0.717) is 27.6 Å². The van der Waals surface area contributed by atoms with Gasteiger partial charge in [0.1, 0.15) is 22.5 Å². The summed E-state index contributed by atoms with van der Waals surface area (Å²) >= 11 is 12.1. The summed E-state index contributed by atoms with van der Waals surface area (Å²) in [4.78, 5) is 8.61. The van der Waals surface area contributed by atoms with Crippen LogP contribution in [0.15, 0.2) is 24.3 Å². The fraction of sp³-hybridized carbons (Fsp3) is 0.286. The first-order valence-electron chi connectivity index (χ1n) is 6.14. The standard InChI is InChI=1S/C14H15Cl2N3O/c1-8(2)14-18-12(16)7-13(19-14)17-9-4-5-11(20-3)10(15)6-9/h4-8H,1-3H3,(H,17,18,19). The van der Waals surface area contributed by atoms with E-state index in [1.807, 2.05) is 19.9 Å². The Morgan fingerprint density at radius 1 is 1.15 bits per heavy atom. The topological polar surface area (TPSA) is 47.0 Å². The minimum Gasteiger partial charge on any atom is -0.495 e. The van der Waals surface area contributed by atoms with Gasteiger partial charge in [-0.3, -0.25) is 0 Å². The van der Waals surface area contributed by atoms with Crippen LogP contribution in [0.25, 0.3) is 0 Å². The van der Waals surface area contributed by atoms with Crippen molar-refractivity contribution in [2.75, 3.05) is 12.4 Å². The average molecular weight is 312 g/mol. The number of hydrogen-bond acceptors (Lipinski definition) is 4. The van der Waals surface area contributed by atoms with Crippen molar-refractivity contribution in [2.45, 2.75) is 19.8 Å². The molecular formula is C14H15Cl2N3O. The molecule has 0 saturated carbocycles. The van der Waals surface area contributed by atoms with Crippen molar-refractivity contribution in [2.24, 2.45) is 0 Å². The number of nitrogens with zero attached hydrogens (tertiary/aromatic N) is 2. The third kappa shape index (κ3) is 3.52. The van der Waals surface area contributed by atoms with Gasteiger partial charge in [-0.1, -0.05) is 37.0 Å². The van der Waals surface area contributed by atoms with Crippen molar-refractivity contribution >= 4 is 34.7 Å². The first-order chi connectivity index (χ1) is 9.49. The van der Waals surface area contributed by atoms with E-state index in [0.717, 1.165) is 5.69 Å². The highest BCUT2D eigenvalue weighted by molar-refractivity contribution is 6.32. The Balaban J connectivity index is 2.27. The molecular weight excluding hydrogens is 297 g/mol. The van der Waals surface area contributed by atoms with E-state index in [1.54, 1.807) is 25.3 Å². The highest BCUT2D eigenvalue weighted by Crippen LogP contribution is 2.29. The molecule has 106 valence electrons. The average Bonchev–Trinajstić information content (AvgIpc) is 2.38. The number of hydrogen-bond donors (Lipinski definition) is 1. The van der Waals surface area contributed by atoms with Crippen LogP contribution < -0.4 is 10.1 Å². The number of nitrogens with one attached hydrogen (secondary N) is 1. The van der Waals surface area contributed by atoms with Gasteiger partial charge in [-0.25, -0.2) is 9.97 Å². The van der Waals surface area contributed by atoms with E-state index in [-0.39, 0.29) is 5.92 Å². The van der Waals surface area contributed by atoms with E-state index >= 15 is 0 Å². The molecule has 20 heavy (non-hydrogen) atoms. The third-order valence-corrected chi connectivity index (χ3v) is 3.14. The lowest BCUT2D eigenvalue weighted by Crippen LogP contribution is -2.02. The van der Waals surface area contributed by atoms with Crippen LogP contribution in [-0.4, -0.2) is 17.1 Å². The molecule has 0 radical (unpaired) electrons. The maximum atomic E-state index is 6.08. The number of benzene rings is 1. The molecule has 4 nitrogen and oxygen atoms in total. The lowest BCUT2D eigenvalue weighted by molar-refractivity contribution is 0.415. The molecule has 1 heterocycles. The zero-order valence-corrected chi connectivity index (χ0v) is 13.0. The molecule has 1 N–H and O–H groups in total. The van der Waals surface area contributed by atoms with Gasteiger partial charge in [-0.15, -0.1) is 0 Å². The van der Waals surface area contributed by atoms with Crippen molar-refractivity contribution in [3.05, 3.63) is 40.3 Å². The van der Waals surface area contributed by atoms with Crippen LogP contribution >= 0.6 is 23.2 Å². The van der Waals surface area contributed by atoms with E-state index in [4.69, 9.17) is 27.9 Å². The summed E-state index contributed by atoms with van der Waals surface area (Å²) < 4.78 is 5.11. The molecule has 6 heteroatoms. The number of ether oxygens (including phenoxy) is 1. The summed E-state index contributed by atoms with van der Waals surface area (Å²) in [5, 5.41) is 4.09. The molecule has 0 saturated heterocycles. The number of rotatable bonds is 4. The molecule has 1 aromatic heterocycles. The molecule has 0 fully saturated rings. The lowest BCUT2D eigenvalue weighted by atomic mass is 10.2. The van der Waals surface area contributed by atoms with Crippen molar-refractivity contribution in [1.29, 1.82) is 0 Å². The fourth-order valence-corrected chi connectivity index (χ4v) is 2.10. The second-order valence-electron chi connectivity index (χ2n) is 4.56. The fourth-order valence-electron chi connectivity index (χ4n) is 1.65.